The molecule has 0 radical (unpaired) electrons. The molecule has 1 atom stereocenters. The lowest BCUT2D eigenvalue weighted by atomic mass is 9.97. The lowest BCUT2D eigenvalue weighted by molar-refractivity contribution is -0.135. The Bertz CT molecular complexity index is 846. The molecule has 1 N–H and O–H groups in total. The number of alkyl halides is 1. The Morgan fingerprint density at radius 1 is 1.23 bits per heavy atom. The highest BCUT2D eigenvalue weighted by Crippen LogP contribution is 2.32. The van der Waals surface area contributed by atoms with Crippen molar-refractivity contribution in [3.8, 4) is 0 Å². The zero-order valence-electron chi connectivity index (χ0n) is 14.7. The number of carbonyl (C=O) groups excluding carboxylic acids is 1. The van der Waals surface area contributed by atoms with Crippen LogP contribution in [0.4, 0.5) is 10.2 Å². The monoisotopic (exact) mass is 358 g/mol. The Morgan fingerprint density at radius 3 is 2.88 bits per heavy atom. The molecule has 2 aromatic rings. The number of carbonyl (C=O) groups is 1. The summed E-state index contributed by atoms with van der Waals surface area (Å²) in [5.74, 6) is 1.13. The molecule has 5 rings (SSSR count). The number of fused-ring (bicyclic) bond motifs is 2. The Labute approximate surface area is 151 Å². The first-order valence-electron chi connectivity index (χ1n) is 9.44. The number of hydrogen-bond acceptors (Lipinski definition) is 5. The van der Waals surface area contributed by atoms with Crippen LogP contribution < -0.4 is 10.2 Å². The van der Waals surface area contributed by atoms with Crippen LogP contribution in [-0.2, 0) is 17.6 Å². The van der Waals surface area contributed by atoms with Gasteiger partial charge in [-0.05, 0) is 19.4 Å². The van der Waals surface area contributed by atoms with Gasteiger partial charge in [-0.3, -0.25) is 4.79 Å². The van der Waals surface area contributed by atoms with Gasteiger partial charge < -0.3 is 15.1 Å². The van der Waals surface area contributed by atoms with E-state index in [1.54, 1.807) is 11.1 Å². The van der Waals surface area contributed by atoms with Crippen LogP contribution in [-0.4, -0.2) is 70.8 Å². The molecule has 26 heavy (non-hydrogen) atoms. The first-order chi connectivity index (χ1) is 12.7. The predicted octanol–water partition coefficient (Wildman–Crippen LogP) is 0.424. The van der Waals surface area contributed by atoms with E-state index < -0.39 is 6.17 Å². The first kappa shape index (κ1) is 16.0. The number of hydrogen-bond donors (Lipinski definition) is 1. The molecule has 2 saturated heterocycles. The van der Waals surface area contributed by atoms with Crippen molar-refractivity contribution in [1.82, 2.24) is 24.8 Å². The predicted molar refractivity (Wildman–Crippen MR) is 95.1 cm³/mol. The standard InChI is InChI=1S/C18H23FN6O/c19-13-4-8-23(11-13)18(26)12-9-24(10-12)17-14-1-5-20-6-2-15(14)22-16-3-7-21-25(16)17/h3,7,12-13,20H,1-2,4-6,8-11H2. The fourth-order valence-corrected chi connectivity index (χ4v) is 4.32. The smallest absolute Gasteiger partial charge is 0.229 e. The molecule has 0 aromatic carbocycles. The Kier molecular flexibility index (Phi) is 3.81. The van der Waals surface area contributed by atoms with Crippen molar-refractivity contribution < 1.29 is 9.18 Å². The summed E-state index contributed by atoms with van der Waals surface area (Å²) in [6.07, 6.45) is 3.21. The highest BCUT2D eigenvalue weighted by molar-refractivity contribution is 5.82. The molecule has 1 unspecified atom stereocenters. The van der Waals surface area contributed by atoms with E-state index in [1.165, 1.54) is 5.56 Å². The largest absolute Gasteiger partial charge is 0.354 e. The summed E-state index contributed by atoms with van der Waals surface area (Å²) >= 11 is 0. The van der Waals surface area contributed by atoms with Crippen molar-refractivity contribution in [2.24, 2.45) is 5.92 Å². The fourth-order valence-electron chi connectivity index (χ4n) is 4.32. The zero-order valence-corrected chi connectivity index (χ0v) is 14.7. The van der Waals surface area contributed by atoms with Gasteiger partial charge in [0.15, 0.2) is 5.65 Å². The van der Waals surface area contributed by atoms with Crippen molar-refractivity contribution in [3.63, 3.8) is 0 Å². The second-order valence-corrected chi connectivity index (χ2v) is 7.48. The number of aromatic nitrogens is 3. The minimum atomic E-state index is -0.859. The van der Waals surface area contributed by atoms with E-state index in [1.807, 2.05) is 10.6 Å². The summed E-state index contributed by atoms with van der Waals surface area (Å²) in [5, 5.41) is 7.89. The average Bonchev–Trinajstić information content (AvgIpc) is 3.16. The molecule has 1 amide bonds. The van der Waals surface area contributed by atoms with Crippen LogP contribution in [0.2, 0.25) is 0 Å². The van der Waals surface area contributed by atoms with Crippen molar-refractivity contribution >= 4 is 17.4 Å². The Hall–Kier alpha value is -2.22. The molecule has 2 aromatic heterocycles. The molecule has 0 bridgehead atoms. The lowest BCUT2D eigenvalue weighted by Crippen LogP contribution is -2.55. The number of halogens is 1. The summed E-state index contributed by atoms with van der Waals surface area (Å²) in [6.45, 7) is 4.02. The third kappa shape index (κ3) is 2.55. The minimum absolute atomic E-state index is 0.0429. The average molecular weight is 358 g/mol. The van der Waals surface area contributed by atoms with E-state index in [0.29, 0.717) is 26.1 Å². The summed E-state index contributed by atoms with van der Waals surface area (Å²) in [5.41, 5.74) is 3.23. The number of rotatable bonds is 2. The molecule has 0 aliphatic carbocycles. The van der Waals surface area contributed by atoms with Gasteiger partial charge in [-0.2, -0.15) is 9.61 Å². The van der Waals surface area contributed by atoms with Crippen LogP contribution >= 0.6 is 0 Å². The van der Waals surface area contributed by atoms with E-state index in [-0.39, 0.29) is 18.4 Å². The van der Waals surface area contributed by atoms with Crippen LogP contribution in [0.15, 0.2) is 12.3 Å². The maximum absolute atomic E-state index is 13.4. The Balaban J connectivity index is 1.41. The van der Waals surface area contributed by atoms with E-state index in [4.69, 9.17) is 4.98 Å². The molecule has 3 aliphatic heterocycles. The topological polar surface area (TPSA) is 65.8 Å². The number of anilines is 1. The fraction of sp³-hybridized carbons (Fsp3) is 0.611. The SMILES string of the molecule is O=C(C1CN(c2c3c(nc4ccnn24)CCNCC3)C1)N1CCC(F)C1. The van der Waals surface area contributed by atoms with Gasteiger partial charge in [-0.15, -0.1) is 0 Å². The molecule has 7 nitrogen and oxygen atoms in total. The van der Waals surface area contributed by atoms with Crippen LogP contribution in [0, 0.1) is 5.92 Å². The van der Waals surface area contributed by atoms with E-state index in [0.717, 1.165) is 43.1 Å². The summed E-state index contributed by atoms with van der Waals surface area (Å²) in [7, 11) is 0. The number of amides is 1. The number of likely N-dealkylation sites (tertiary alicyclic amines) is 1. The molecule has 2 fully saturated rings. The van der Waals surface area contributed by atoms with Crippen LogP contribution in [0.3, 0.4) is 0 Å². The number of nitrogens with one attached hydrogen (secondary N) is 1. The van der Waals surface area contributed by atoms with Crippen molar-refractivity contribution in [2.75, 3.05) is 44.2 Å². The zero-order chi connectivity index (χ0) is 17.7. The van der Waals surface area contributed by atoms with Crippen molar-refractivity contribution in [3.05, 3.63) is 23.5 Å². The highest BCUT2D eigenvalue weighted by Gasteiger charge is 2.40. The molecule has 3 aliphatic rings. The maximum Gasteiger partial charge on any atom is 0.229 e. The minimum Gasteiger partial charge on any atom is -0.354 e. The van der Waals surface area contributed by atoms with Crippen LogP contribution in [0.25, 0.3) is 5.65 Å². The van der Waals surface area contributed by atoms with Crippen molar-refractivity contribution in [1.29, 1.82) is 0 Å². The normalized spacial score (nSPS) is 23.8. The van der Waals surface area contributed by atoms with Crippen molar-refractivity contribution in [2.45, 2.75) is 25.4 Å². The van der Waals surface area contributed by atoms with Gasteiger partial charge >= 0.3 is 0 Å². The van der Waals surface area contributed by atoms with E-state index >= 15 is 0 Å². The van der Waals surface area contributed by atoms with E-state index in [9.17, 15) is 9.18 Å². The molecular formula is C18H23FN6O. The van der Waals surface area contributed by atoms with Gasteiger partial charge in [0.05, 0.1) is 24.4 Å². The van der Waals surface area contributed by atoms with Gasteiger partial charge in [0.2, 0.25) is 5.91 Å². The van der Waals surface area contributed by atoms with Gasteiger partial charge in [-0.1, -0.05) is 0 Å². The molecule has 8 heteroatoms. The molecule has 0 spiro atoms. The van der Waals surface area contributed by atoms with E-state index in [2.05, 4.69) is 15.3 Å². The lowest BCUT2D eigenvalue weighted by Gasteiger charge is -2.42. The van der Waals surface area contributed by atoms with Gasteiger partial charge in [-0.25, -0.2) is 9.37 Å². The Morgan fingerprint density at radius 2 is 2.08 bits per heavy atom. The third-order valence-electron chi connectivity index (χ3n) is 5.75. The molecule has 0 saturated carbocycles. The molecule has 138 valence electrons. The maximum atomic E-state index is 13.4. The van der Waals surface area contributed by atoms with Gasteiger partial charge in [0.1, 0.15) is 12.0 Å². The summed E-state index contributed by atoms with van der Waals surface area (Å²) in [6, 6.07) is 1.93. The summed E-state index contributed by atoms with van der Waals surface area (Å²) < 4.78 is 15.3. The van der Waals surface area contributed by atoms with Gasteiger partial charge in [0, 0.05) is 44.2 Å². The van der Waals surface area contributed by atoms with Gasteiger partial charge in [0.25, 0.3) is 0 Å². The molecular weight excluding hydrogens is 335 g/mol. The molecule has 5 heterocycles. The third-order valence-corrected chi connectivity index (χ3v) is 5.75. The first-order valence-corrected chi connectivity index (χ1v) is 9.44. The second kappa shape index (κ2) is 6.19. The van der Waals surface area contributed by atoms with Crippen LogP contribution in [0.1, 0.15) is 17.7 Å². The quantitative estimate of drug-likeness (QED) is 0.843. The number of nitrogens with zero attached hydrogens (tertiary/aromatic N) is 5. The highest BCUT2D eigenvalue weighted by atomic mass is 19.1. The van der Waals surface area contributed by atoms with Crippen LogP contribution in [0.5, 0.6) is 0 Å². The summed E-state index contributed by atoms with van der Waals surface area (Å²) in [4.78, 5) is 21.3. The second-order valence-electron chi connectivity index (χ2n) is 7.48.